The van der Waals surface area contributed by atoms with Crippen LogP contribution in [0.3, 0.4) is 0 Å². The highest BCUT2D eigenvalue weighted by Gasteiger charge is 2.17. The predicted molar refractivity (Wildman–Crippen MR) is 119 cm³/mol. The van der Waals surface area contributed by atoms with E-state index in [4.69, 9.17) is 16.6 Å². The summed E-state index contributed by atoms with van der Waals surface area (Å²) in [5, 5.41) is 8.71. The third-order valence-electron chi connectivity index (χ3n) is 5.45. The van der Waals surface area contributed by atoms with Gasteiger partial charge in [-0.25, -0.2) is 4.98 Å². The quantitative estimate of drug-likeness (QED) is 0.492. The van der Waals surface area contributed by atoms with Gasteiger partial charge in [-0.1, -0.05) is 36.2 Å². The molecule has 28 heavy (non-hydrogen) atoms. The fourth-order valence-corrected chi connectivity index (χ4v) is 4.44. The molecule has 1 N–H and O–H groups in total. The Hall–Kier alpha value is -1.63. The highest BCUT2D eigenvalue weighted by molar-refractivity contribution is 9.10. The van der Waals surface area contributed by atoms with E-state index in [-0.39, 0.29) is 0 Å². The van der Waals surface area contributed by atoms with Crippen molar-refractivity contribution in [1.82, 2.24) is 19.5 Å². The molecule has 0 radical (unpaired) electrons. The molecule has 4 rings (SSSR count). The summed E-state index contributed by atoms with van der Waals surface area (Å²) in [5.74, 6) is 0.928. The summed E-state index contributed by atoms with van der Waals surface area (Å²) in [6.45, 7) is 5.59. The summed E-state index contributed by atoms with van der Waals surface area (Å²) in [4.78, 5) is 7.36. The van der Waals surface area contributed by atoms with E-state index in [1.807, 2.05) is 34.8 Å². The maximum absolute atomic E-state index is 6.40. The second-order valence-corrected chi connectivity index (χ2v) is 8.66. The minimum absolute atomic E-state index is 0.694. The SMILES string of the molecule is CC1CCCCN1CCCNc1cc(-c2ccccc2Cl)nc2c(Br)cnn12. The maximum atomic E-state index is 6.40. The van der Waals surface area contributed by atoms with E-state index in [1.165, 1.54) is 25.8 Å². The zero-order chi connectivity index (χ0) is 19.5. The number of halogens is 2. The van der Waals surface area contributed by atoms with Crippen molar-refractivity contribution >= 4 is 39.0 Å². The molecule has 0 aliphatic carbocycles. The van der Waals surface area contributed by atoms with Gasteiger partial charge in [0.2, 0.25) is 0 Å². The fraction of sp³-hybridized carbons (Fsp3) is 0.429. The number of nitrogens with zero attached hydrogens (tertiary/aromatic N) is 4. The Morgan fingerprint density at radius 3 is 2.96 bits per heavy atom. The van der Waals surface area contributed by atoms with Crippen LogP contribution in [0.5, 0.6) is 0 Å². The molecule has 1 aromatic carbocycles. The van der Waals surface area contributed by atoms with Gasteiger partial charge in [-0.05, 0) is 54.7 Å². The van der Waals surface area contributed by atoms with E-state index >= 15 is 0 Å². The van der Waals surface area contributed by atoms with Crippen LogP contribution in [-0.2, 0) is 0 Å². The van der Waals surface area contributed by atoms with Crippen LogP contribution < -0.4 is 5.32 Å². The van der Waals surface area contributed by atoms with Crippen molar-refractivity contribution in [1.29, 1.82) is 0 Å². The molecule has 1 saturated heterocycles. The molecule has 1 fully saturated rings. The Morgan fingerprint density at radius 1 is 1.29 bits per heavy atom. The first-order valence-corrected chi connectivity index (χ1v) is 11.1. The zero-order valence-electron chi connectivity index (χ0n) is 16.0. The van der Waals surface area contributed by atoms with Gasteiger partial charge in [0.25, 0.3) is 0 Å². The van der Waals surface area contributed by atoms with Crippen LogP contribution in [0, 0.1) is 0 Å². The summed E-state index contributed by atoms with van der Waals surface area (Å²) < 4.78 is 2.71. The summed E-state index contributed by atoms with van der Waals surface area (Å²) >= 11 is 9.96. The zero-order valence-corrected chi connectivity index (χ0v) is 18.4. The lowest BCUT2D eigenvalue weighted by atomic mass is 10.0. The van der Waals surface area contributed by atoms with Gasteiger partial charge in [0.15, 0.2) is 5.65 Å². The van der Waals surface area contributed by atoms with Crippen molar-refractivity contribution in [2.75, 3.05) is 25.0 Å². The molecule has 3 heterocycles. The summed E-state index contributed by atoms with van der Waals surface area (Å²) in [6, 6.07) is 10.5. The van der Waals surface area contributed by atoms with E-state index in [1.54, 1.807) is 6.20 Å². The Labute approximate surface area is 179 Å². The maximum Gasteiger partial charge on any atom is 0.172 e. The largest absolute Gasteiger partial charge is 0.370 e. The van der Waals surface area contributed by atoms with Crippen molar-refractivity contribution in [3.8, 4) is 11.3 Å². The van der Waals surface area contributed by atoms with Crippen LogP contribution in [0.15, 0.2) is 41.0 Å². The molecular weight excluding hydrogens is 438 g/mol. The first-order chi connectivity index (χ1) is 13.6. The number of likely N-dealkylation sites (tertiary alicyclic amines) is 1. The molecule has 1 aliphatic heterocycles. The average molecular weight is 463 g/mol. The van der Waals surface area contributed by atoms with E-state index in [9.17, 15) is 0 Å². The molecule has 1 atom stereocenters. The van der Waals surface area contributed by atoms with E-state index in [0.29, 0.717) is 11.1 Å². The van der Waals surface area contributed by atoms with Crippen LogP contribution in [0.4, 0.5) is 5.82 Å². The molecule has 7 heteroatoms. The number of rotatable bonds is 6. The minimum atomic E-state index is 0.694. The fourth-order valence-electron chi connectivity index (χ4n) is 3.86. The van der Waals surface area contributed by atoms with Crippen LogP contribution in [0.2, 0.25) is 5.02 Å². The second-order valence-electron chi connectivity index (χ2n) is 7.40. The van der Waals surface area contributed by atoms with Crippen molar-refractivity contribution in [2.45, 2.75) is 38.6 Å². The van der Waals surface area contributed by atoms with Crippen molar-refractivity contribution in [3.05, 3.63) is 46.0 Å². The van der Waals surface area contributed by atoms with Gasteiger partial charge in [-0.15, -0.1) is 0 Å². The van der Waals surface area contributed by atoms with E-state index in [2.05, 4.69) is 38.2 Å². The Morgan fingerprint density at radius 2 is 2.14 bits per heavy atom. The minimum Gasteiger partial charge on any atom is -0.370 e. The van der Waals surface area contributed by atoms with Crippen LogP contribution >= 0.6 is 27.5 Å². The van der Waals surface area contributed by atoms with Crippen molar-refractivity contribution in [3.63, 3.8) is 0 Å². The van der Waals surface area contributed by atoms with Crippen molar-refractivity contribution < 1.29 is 0 Å². The molecule has 0 spiro atoms. The number of nitrogens with one attached hydrogen (secondary N) is 1. The number of benzene rings is 1. The van der Waals surface area contributed by atoms with Crippen molar-refractivity contribution in [2.24, 2.45) is 0 Å². The topological polar surface area (TPSA) is 45.5 Å². The molecule has 0 bridgehead atoms. The van der Waals surface area contributed by atoms with Gasteiger partial charge >= 0.3 is 0 Å². The van der Waals surface area contributed by atoms with Gasteiger partial charge in [0, 0.05) is 35.8 Å². The highest BCUT2D eigenvalue weighted by atomic mass is 79.9. The molecule has 0 saturated carbocycles. The lowest BCUT2D eigenvalue weighted by molar-refractivity contribution is 0.160. The van der Waals surface area contributed by atoms with Gasteiger partial charge in [-0.2, -0.15) is 9.61 Å². The molecule has 0 amide bonds. The Bertz CT molecular complexity index is 957. The number of piperidine rings is 1. The number of anilines is 1. The normalized spacial score (nSPS) is 17.9. The number of hydrogen-bond acceptors (Lipinski definition) is 4. The van der Waals surface area contributed by atoms with E-state index in [0.717, 1.165) is 46.7 Å². The summed E-state index contributed by atoms with van der Waals surface area (Å²) in [7, 11) is 0. The second kappa shape index (κ2) is 8.80. The smallest absolute Gasteiger partial charge is 0.172 e. The molecule has 148 valence electrons. The first kappa shape index (κ1) is 19.7. The third-order valence-corrected chi connectivity index (χ3v) is 6.34. The summed E-state index contributed by atoms with van der Waals surface area (Å²) in [6.07, 6.45) is 6.88. The molecular formula is C21H25BrClN5. The van der Waals surface area contributed by atoms with Crippen LogP contribution in [0.25, 0.3) is 16.9 Å². The monoisotopic (exact) mass is 461 g/mol. The molecule has 1 unspecified atom stereocenters. The predicted octanol–water partition coefficient (Wildman–Crippen LogP) is 5.49. The first-order valence-electron chi connectivity index (χ1n) is 9.90. The number of hydrogen-bond donors (Lipinski definition) is 1. The number of fused-ring (bicyclic) bond motifs is 1. The van der Waals surface area contributed by atoms with Gasteiger partial charge in [0.05, 0.1) is 16.4 Å². The van der Waals surface area contributed by atoms with Crippen LogP contribution in [0.1, 0.15) is 32.6 Å². The molecule has 3 aromatic rings. The Balaban J connectivity index is 1.52. The van der Waals surface area contributed by atoms with Gasteiger partial charge in [0.1, 0.15) is 5.82 Å². The Kier molecular flexibility index (Phi) is 6.19. The lowest BCUT2D eigenvalue weighted by Crippen LogP contribution is -2.38. The standard InChI is InChI=1S/C21H25BrClN5/c1-15-7-4-5-11-27(15)12-6-10-24-20-13-19(16-8-2-3-9-18(16)23)26-21-17(22)14-25-28(20)21/h2-3,8-9,13-15,24H,4-7,10-12H2,1H3. The molecule has 1 aliphatic rings. The number of aromatic nitrogens is 3. The highest BCUT2D eigenvalue weighted by Crippen LogP contribution is 2.30. The van der Waals surface area contributed by atoms with E-state index < -0.39 is 0 Å². The third kappa shape index (κ3) is 4.19. The van der Waals surface area contributed by atoms with Gasteiger partial charge < -0.3 is 10.2 Å². The molecule has 2 aromatic heterocycles. The van der Waals surface area contributed by atoms with Crippen LogP contribution in [-0.4, -0.2) is 45.2 Å². The average Bonchev–Trinajstić information content (AvgIpc) is 3.08. The summed E-state index contributed by atoms with van der Waals surface area (Å²) in [5.41, 5.74) is 2.54. The molecule has 5 nitrogen and oxygen atoms in total. The van der Waals surface area contributed by atoms with Gasteiger partial charge in [-0.3, -0.25) is 0 Å². The lowest BCUT2D eigenvalue weighted by Gasteiger charge is -2.33.